The van der Waals surface area contributed by atoms with E-state index in [4.69, 9.17) is 9.47 Å². The summed E-state index contributed by atoms with van der Waals surface area (Å²) in [6, 6.07) is 0. The summed E-state index contributed by atoms with van der Waals surface area (Å²) in [5, 5.41) is 0. The fourth-order valence-electron chi connectivity index (χ4n) is 1.64. The van der Waals surface area contributed by atoms with Crippen LogP contribution in [0, 0.1) is 0 Å². The molecule has 1 aliphatic rings. The van der Waals surface area contributed by atoms with Crippen LogP contribution in [0.15, 0.2) is 4.99 Å². The lowest BCUT2D eigenvalue weighted by Crippen LogP contribution is -2.47. The predicted molar refractivity (Wildman–Crippen MR) is 65.2 cm³/mol. The smallest absolute Gasteiger partial charge is 0.410 e. The number of rotatable bonds is 3. The lowest BCUT2D eigenvalue weighted by Gasteiger charge is -2.34. The fraction of sp³-hybridized carbons (Fsp3) is 0.833. The molecule has 1 amide bonds. The Labute approximate surface area is 107 Å². The number of morpholine rings is 1. The molecule has 0 radical (unpaired) electrons. The number of aliphatic imine (C=N–C) groups is 1. The second-order valence-corrected chi connectivity index (χ2v) is 5.18. The van der Waals surface area contributed by atoms with Crippen molar-refractivity contribution in [2.24, 2.45) is 4.99 Å². The first-order chi connectivity index (χ1) is 8.42. The highest BCUT2D eigenvalue weighted by Crippen LogP contribution is 2.14. The number of carbonyl (C=O) groups excluding carboxylic acids is 2. The van der Waals surface area contributed by atoms with E-state index in [9.17, 15) is 9.59 Å². The molecule has 1 aliphatic heterocycles. The van der Waals surface area contributed by atoms with Gasteiger partial charge in [-0.15, -0.1) is 0 Å². The molecule has 1 fully saturated rings. The minimum atomic E-state index is -0.493. The third-order valence-electron chi connectivity index (χ3n) is 2.42. The maximum absolute atomic E-state index is 11.9. The summed E-state index contributed by atoms with van der Waals surface area (Å²) >= 11 is 0. The molecular formula is C12H20N2O4. The quantitative estimate of drug-likeness (QED) is 0.564. The van der Waals surface area contributed by atoms with Gasteiger partial charge in [-0.05, 0) is 27.2 Å². The van der Waals surface area contributed by atoms with Gasteiger partial charge in [-0.3, -0.25) is 0 Å². The maximum atomic E-state index is 11.9. The minimum absolute atomic E-state index is 0.0941. The molecule has 0 aromatic heterocycles. The summed E-state index contributed by atoms with van der Waals surface area (Å²) in [4.78, 5) is 26.9. The molecule has 1 heterocycles. The molecule has 1 atom stereocenters. The molecular weight excluding hydrogens is 236 g/mol. The van der Waals surface area contributed by atoms with Crippen molar-refractivity contribution in [3.8, 4) is 0 Å². The second-order valence-electron chi connectivity index (χ2n) is 5.18. The van der Waals surface area contributed by atoms with Crippen LogP contribution in [0.3, 0.4) is 0 Å². The van der Waals surface area contributed by atoms with Gasteiger partial charge in [0.25, 0.3) is 0 Å². The Morgan fingerprint density at radius 3 is 2.89 bits per heavy atom. The first kappa shape index (κ1) is 14.7. The van der Waals surface area contributed by atoms with Crippen molar-refractivity contribution in [3.05, 3.63) is 0 Å². The molecule has 0 saturated carbocycles. The van der Waals surface area contributed by atoms with Crippen molar-refractivity contribution < 1.29 is 19.1 Å². The largest absolute Gasteiger partial charge is 0.444 e. The van der Waals surface area contributed by atoms with Crippen LogP contribution < -0.4 is 0 Å². The van der Waals surface area contributed by atoms with Gasteiger partial charge >= 0.3 is 6.09 Å². The van der Waals surface area contributed by atoms with Gasteiger partial charge in [0.05, 0.1) is 25.8 Å². The zero-order valence-electron chi connectivity index (χ0n) is 11.1. The highest BCUT2D eigenvalue weighted by Gasteiger charge is 2.27. The average molecular weight is 256 g/mol. The first-order valence-corrected chi connectivity index (χ1v) is 6.05. The molecule has 6 heteroatoms. The third-order valence-corrected chi connectivity index (χ3v) is 2.42. The summed E-state index contributed by atoms with van der Waals surface area (Å²) in [5.74, 6) is 0. The highest BCUT2D eigenvalue weighted by atomic mass is 16.6. The third kappa shape index (κ3) is 5.29. The van der Waals surface area contributed by atoms with Crippen LogP contribution in [0.2, 0.25) is 0 Å². The molecule has 102 valence electrons. The van der Waals surface area contributed by atoms with Crippen LogP contribution in [0.1, 0.15) is 27.2 Å². The molecule has 6 nitrogen and oxygen atoms in total. The zero-order valence-corrected chi connectivity index (χ0v) is 11.1. The molecule has 0 N–H and O–H groups in total. The highest BCUT2D eigenvalue weighted by molar-refractivity contribution is 5.68. The molecule has 0 spiro atoms. The topological polar surface area (TPSA) is 68.2 Å². The van der Waals surface area contributed by atoms with Crippen molar-refractivity contribution in [1.82, 2.24) is 4.90 Å². The molecule has 0 aromatic rings. The fourth-order valence-corrected chi connectivity index (χ4v) is 1.64. The van der Waals surface area contributed by atoms with Crippen LogP contribution in [-0.2, 0) is 14.3 Å². The second kappa shape index (κ2) is 6.52. The van der Waals surface area contributed by atoms with Gasteiger partial charge in [-0.25, -0.2) is 14.6 Å². The van der Waals surface area contributed by atoms with Gasteiger partial charge < -0.3 is 14.4 Å². The van der Waals surface area contributed by atoms with Crippen molar-refractivity contribution in [2.75, 3.05) is 26.2 Å². The van der Waals surface area contributed by atoms with E-state index in [0.717, 1.165) is 0 Å². The number of ether oxygens (including phenoxy) is 2. The molecule has 0 aromatic carbocycles. The Balaban J connectivity index is 2.42. The normalized spacial score (nSPS) is 20.2. The Bertz CT molecular complexity index is 331. The van der Waals surface area contributed by atoms with E-state index in [1.54, 1.807) is 4.90 Å². The van der Waals surface area contributed by atoms with E-state index in [1.807, 2.05) is 20.8 Å². The van der Waals surface area contributed by atoms with Gasteiger partial charge in [0.15, 0.2) is 0 Å². The standard InChI is InChI=1S/C12H20N2O4/c1-12(2,3)18-11(16)14-6-7-17-10(8-14)4-5-13-9-15/h10H,4-8H2,1-3H3. The maximum Gasteiger partial charge on any atom is 0.410 e. The van der Waals surface area contributed by atoms with Gasteiger partial charge in [-0.2, -0.15) is 0 Å². The first-order valence-electron chi connectivity index (χ1n) is 6.05. The van der Waals surface area contributed by atoms with Crippen LogP contribution >= 0.6 is 0 Å². The van der Waals surface area contributed by atoms with Crippen LogP contribution in [-0.4, -0.2) is 55.0 Å². The van der Waals surface area contributed by atoms with E-state index in [2.05, 4.69) is 4.99 Å². The number of nitrogens with zero attached hydrogens (tertiary/aromatic N) is 2. The average Bonchev–Trinajstić information content (AvgIpc) is 2.27. The van der Waals surface area contributed by atoms with Gasteiger partial charge in [0, 0.05) is 6.54 Å². The van der Waals surface area contributed by atoms with E-state index in [0.29, 0.717) is 32.7 Å². The number of isocyanates is 1. The molecule has 1 rings (SSSR count). The Morgan fingerprint density at radius 2 is 2.28 bits per heavy atom. The number of amides is 1. The summed E-state index contributed by atoms with van der Waals surface area (Å²) in [6.45, 7) is 7.36. The summed E-state index contributed by atoms with van der Waals surface area (Å²) in [5.41, 5.74) is -0.493. The van der Waals surface area contributed by atoms with Gasteiger partial charge in [0.1, 0.15) is 5.60 Å². The Kier molecular flexibility index (Phi) is 5.31. The van der Waals surface area contributed by atoms with Crippen molar-refractivity contribution in [1.29, 1.82) is 0 Å². The van der Waals surface area contributed by atoms with Gasteiger partial charge in [-0.1, -0.05) is 0 Å². The number of carbonyl (C=O) groups is 1. The Hall–Kier alpha value is -1.39. The van der Waals surface area contributed by atoms with Crippen molar-refractivity contribution in [3.63, 3.8) is 0 Å². The summed E-state index contributed by atoms with van der Waals surface area (Å²) < 4.78 is 10.8. The lowest BCUT2D eigenvalue weighted by molar-refractivity contribution is -0.0435. The molecule has 1 unspecified atom stereocenters. The molecule has 1 saturated heterocycles. The van der Waals surface area contributed by atoms with Crippen LogP contribution in [0.5, 0.6) is 0 Å². The summed E-state index contributed by atoms with van der Waals surface area (Å²) in [6.07, 6.45) is 1.67. The van der Waals surface area contributed by atoms with E-state index >= 15 is 0 Å². The monoisotopic (exact) mass is 256 g/mol. The van der Waals surface area contributed by atoms with E-state index in [1.165, 1.54) is 6.08 Å². The molecule has 0 aliphatic carbocycles. The summed E-state index contributed by atoms with van der Waals surface area (Å²) in [7, 11) is 0. The Morgan fingerprint density at radius 1 is 1.56 bits per heavy atom. The molecule has 18 heavy (non-hydrogen) atoms. The zero-order chi connectivity index (χ0) is 13.6. The van der Waals surface area contributed by atoms with Crippen molar-refractivity contribution in [2.45, 2.75) is 38.9 Å². The van der Waals surface area contributed by atoms with E-state index in [-0.39, 0.29) is 12.2 Å². The van der Waals surface area contributed by atoms with E-state index < -0.39 is 5.60 Å². The van der Waals surface area contributed by atoms with Crippen LogP contribution in [0.4, 0.5) is 4.79 Å². The minimum Gasteiger partial charge on any atom is -0.444 e. The molecule has 0 bridgehead atoms. The number of hydrogen-bond acceptors (Lipinski definition) is 5. The predicted octanol–water partition coefficient (Wildman–Crippen LogP) is 1.35. The SMILES string of the molecule is CC(C)(C)OC(=O)N1CCOC(CCN=C=O)C1. The number of hydrogen-bond donors (Lipinski definition) is 0. The van der Waals surface area contributed by atoms with Crippen LogP contribution in [0.25, 0.3) is 0 Å². The van der Waals surface area contributed by atoms with Crippen molar-refractivity contribution >= 4 is 12.2 Å². The van der Waals surface area contributed by atoms with Gasteiger partial charge in [0.2, 0.25) is 6.08 Å². The lowest BCUT2D eigenvalue weighted by atomic mass is 10.2.